The molecule has 0 saturated carbocycles. The minimum atomic E-state index is -0.316. The van der Waals surface area contributed by atoms with E-state index in [1.54, 1.807) is 6.07 Å². The van der Waals surface area contributed by atoms with Crippen molar-refractivity contribution in [1.82, 2.24) is 5.32 Å². The number of benzene rings is 1. The van der Waals surface area contributed by atoms with Gasteiger partial charge in [0.05, 0.1) is 7.11 Å². The van der Waals surface area contributed by atoms with E-state index in [2.05, 4.69) is 5.32 Å². The Balaban J connectivity index is 2.06. The summed E-state index contributed by atoms with van der Waals surface area (Å²) in [6.07, 6.45) is 2.97. The lowest BCUT2D eigenvalue weighted by molar-refractivity contribution is 0.316. The fraction of sp³-hybridized carbons (Fsp3) is 0.571. The number of hydrogen-bond acceptors (Lipinski definition) is 3. The first-order valence-corrected chi connectivity index (χ1v) is 6.50. The molecule has 0 bridgehead atoms. The molecule has 100 valence electrons. The van der Waals surface area contributed by atoms with Crippen LogP contribution >= 0.6 is 0 Å². The minimum Gasteiger partial charge on any atom is -0.493 e. The number of nitrogens with two attached hydrogens (primary N) is 1. The van der Waals surface area contributed by atoms with Crippen molar-refractivity contribution in [1.29, 1.82) is 0 Å². The van der Waals surface area contributed by atoms with Gasteiger partial charge >= 0.3 is 0 Å². The average molecular weight is 252 g/mol. The minimum absolute atomic E-state index is 0.0495. The molecule has 0 radical (unpaired) electrons. The van der Waals surface area contributed by atoms with Crippen LogP contribution in [0.5, 0.6) is 5.75 Å². The van der Waals surface area contributed by atoms with Crippen LogP contribution in [-0.2, 0) is 6.42 Å². The maximum absolute atomic E-state index is 13.6. The lowest BCUT2D eigenvalue weighted by Gasteiger charge is -2.28. The largest absolute Gasteiger partial charge is 0.493 e. The van der Waals surface area contributed by atoms with Crippen molar-refractivity contribution < 1.29 is 9.13 Å². The van der Waals surface area contributed by atoms with Gasteiger partial charge in [0, 0.05) is 6.04 Å². The van der Waals surface area contributed by atoms with Gasteiger partial charge in [-0.3, -0.25) is 0 Å². The van der Waals surface area contributed by atoms with E-state index in [-0.39, 0.29) is 11.9 Å². The molecule has 1 heterocycles. The fourth-order valence-corrected chi connectivity index (χ4v) is 2.61. The third-order valence-electron chi connectivity index (χ3n) is 3.65. The molecule has 0 spiro atoms. The van der Waals surface area contributed by atoms with E-state index in [0.29, 0.717) is 18.1 Å². The van der Waals surface area contributed by atoms with Gasteiger partial charge < -0.3 is 15.8 Å². The number of rotatable bonds is 4. The normalized spacial score (nSPS) is 21.6. The molecule has 4 heteroatoms. The van der Waals surface area contributed by atoms with Crippen LogP contribution in [0, 0.1) is 11.7 Å². The van der Waals surface area contributed by atoms with Crippen molar-refractivity contribution >= 4 is 0 Å². The summed E-state index contributed by atoms with van der Waals surface area (Å²) in [6.45, 7) is 2.03. The Morgan fingerprint density at radius 2 is 2.39 bits per heavy atom. The van der Waals surface area contributed by atoms with Crippen molar-refractivity contribution in [2.75, 3.05) is 20.2 Å². The van der Waals surface area contributed by atoms with Gasteiger partial charge in [0.1, 0.15) is 0 Å². The zero-order valence-corrected chi connectivity index (χ0v) is 10.8. The van der Waals surface area contributed by atoms with Gasteiger partial charge in [0.2, 0.25) is 0 Å². The topological polar surface area (TPSA) is 47.3 Å². The van der Waals surface area contributed by atoms with Gasteiger partial charge in [-0.1, -0.05) is 12.1 Å². The molecule has 1 aromatic rings. The van der Waals surface area contributed by atoms with Gasteiger partial charge in [-0.25, -0.2) is 4.39 Å². The Hall–Kier alpha value is -1.13. The van der Waals surface area contributed by atoms with Crippen LogP contribution in [0.1, 0.15) is 18.4 Å². The van der Waals surface area contributed by atoms with Crippen molar-refractivity contribution in [3.05, 3.63) is 29.6 Å². The number of halogens is 1. The molecule has 18 heavy (non-hydrogen) atoms. The number of nitrogens with one attached hydrogen (secondary N) is 1. The molecule has 0 aromatic heterocycles. The quantitative estimate of drug-likeness (QED) is 0.857. The highest BCUT2D eigenvalue weighted by molar-refractivity contribution is 5.35. The van der Waals surface area contributed by atoms with Crippen molar-refractivity contribution in [3.63, 3.8) is 0 Å². The summed E-state index contributed by atoms with van der Waals surface area (Å²) in [5.41, 5.74) is 7.09. The molecular formula is C14H21FN2O. The van der Waals surface area contributed by atoms with Crippen LogP contribution in [-0.4, -0.2) is 26.2 Å². The van der Waals surface area contributed by atoms with Crippen LogP contribution in [0.3, 0.4) is 0 Å². The Kier molecular flexibility index (Phi) is 4.55. The second-order valence-corrected chi connectivity index (χ2v) is 4.91. The summed E-state index contributed by atoms with van der Waals surface area (Å²) in [5, 5.41) is 3.36. The Labute approximate surface area is 108 Å². The molecule has 2 rings (SSSR count). The first-order chi connectivity index (χ1) is 8.72. The van der Waals surface area contributed by atoms with Crippen LogP contribution in [0.2, 0.25) is 0 Å². The van der Waals surface area contributed by atoms with Crippen molar-refractivity contribution in [3.8, 4) is 5.75 Å². The highest BCUT2D eigenvalue weighted by Gasteiger charge is 2.22. The summed E-state index contributed by atoms with van der Waals surface area (Å²) in [7, 11) is 1.50. The predicted molar refractivity (Wildman–Crippen MR) is 70.2 cm³/mol. The molecule has 0 amide bonds. The smallest absolute Gasteiger partial charge is 0.165 e. The first kappa shape index (κ1) is 13.3. The third-order valence-corrected chi connectivity index (χ3v) is 3.65. The molecule has 0 aliphatic carbocycles. The zero-order chi connectivity index (χ0) is 13.0. The van der Waals surface area contributed by atoms with E-state index in [0.717, 1.165) is 25.1 Å². The molecule has 1 saturated heterocycles. The van der Waals surface area contributed by atoms with Crippen molar-refractivity contribution in [2.45, 2.75) is 25.3 Å². The number of methoxy groups -OCH3 is 1. The highest BCUT2D eigenvalue weighted by Crippen LogP contribution is 2.25. The standard InChI is InChI=1S/C14H21FN2O/c1-18-14-10(4-2-6-12(14)15)8-13(16)11-5-3-7-17-9-11/h2,4,6,11,13,17H,3,5,7-9,16H2,1H3. The van der Waals surface area contributed by atoms with Crippen LogP contribution < -0.4 is 15.8 Å². The van der Waals surface area contributed by atoms with E-state index < -0.39 is 0 Å². The monoisotopic (exact) mass is 252 g/mol. The van der Waals surface area contributed by atoms with Gasteiger partial charge in [0.25, 0.3) is 0 Å². The molecule has 3 N–H and O–H groups in total. The second kappa shape index (κ2) is 6.16. The highest BCUT2D eigenvalue weighted by atomic mass is 19.1. The van der Waals surface area contributed by atoms with Gasteiger partial charge in [-0.15, -0.1) is 0 Å². The van der Waals surface area contributed by atoms with Crippen molar-refractivity contribution in [2.24, 2.45) is 11.7 Å². The number of piperidine rings is 1. The van der Waals surface area contributed by atoms with E-state index in [9.17, 15) is 4.39 Å². The fourth-order valence-electron chi connectivity index (χ4n) is 2.61. The zero-order valence-electron chi connectivity index (χ0n) is 10.8. The first-order valence-electron chi connectivity index (χ1n) is 6.50. The summed E-state index contributed by atoms with van der Waals surface area (Å²) in [5.74, 6) is 0.479. The Morgan fingerprint density at radius 3 is 3.06 bits per heavy atom. The van der Waals surface area contributed by atoms with E-state index in [4.69, 9.17) is 10.5 Å². The molecular weight excluding hydrogens is 231 g/mol. The number of para-hydroxylation sites is 1. The van der Waals surface area contributed by atoms with Gasteiger partial charge in [0.15, 0.2) is 11.6 Å². The van der Waals surface area contributed by atoms with Crippen LogP contribution in [0.4, 0.5) is 4.39 Å². The summed E-state index contributed by atoms with van der Waals surface area (Å²) >= 11 is 0. The molecule has 1 aliphatic rings. The van der Waals surface area contributed by atoms with Gasteiger partial charge in [-0.05, 0) is 49.9 Å². The maximum atomic E-state index is 13.6. The molecule has 1 aliphatic heterocycles. The maximum Gasteiger partial charge on any atom is 0.165 e. The number of ether oxygens (including phenoxy) is 1. The SMILES string of the molecule is COc1c(F)cccc1CC(N)C1CCCNC1. The lowest BCUT2D eigenvalue weighted by Crippen LogP contribution is -2.42. The van der Waals surface area contributed by atoms with Gasteiger partial charge in [-0.2, -0.15) is 0 Å². The molecule has 2 atom stereocenters. The average Bonchev–Trinajstić information content (AvgIpc) is 2.40. The van der Waals surface area contributed by atoms with Crippen LogP contribution in [0.15, 0.2) is 18.2 Å². The summed E-state index contributed by atoms with van der Waals surface area (Å²) in [4.78, 5) is 0. The summed E-state index contributed by atoms with van der Waals surface area (Å²) in [6, 6.07) is 5.06. The molecule has 2 unspecified atom stereocenters. The Bertz CT molecular complexity index is 391. The molecule has 1 fully saturated rings. The Morgan fingerprint density at radius 1 is 1.56 bits per heavy atom. The predicted octanol–water partition coefficient (Wildman–Crippen LogP) is 1.70. The number of hydrogen-bond donors (Lipinski definition) is 2. The van der Waals surface area contributed by atoms with E-state index in [1.807, 2.05) is 6.07 Å². The lowest BCUT2D eigenvalue weighted by atomic mass is 9.88. The van der Waals surface area contributed by atoms with E-state index in [1.165, 1.54) is 19.6 Å². The second-order valence-electron chi connectivity index (χ2n) is 4.91. The molecule has 1 aromatic carbocycles. The third kappa shape index (κ3) is 3.00. The molecule has 3 nitrogen and oxygen atoms in total. The van der Waals surface area contributed by atoms with E-state index >= 15 is 0 Å². The summed E-state index contributed by atoms with van der Waals surface area (Å²) < 4.78 is 18.7. The van der Waals surface area contributed by atoms with Crippen LogP contribution in [0.25, 0.3) is 0 Å².